The van der Waals surface area contributed by atoms with E-state index in [0.29, 0.717) is 132 Å². The van der Waals surface area contributed by atoms with E-state index in [2.05, 4.69) is 51.4 Å². The first-order valence-corrected chi connectivity index (χ1v) is 19.1. The van der Waals surface area contributed by atoms with Gasteiger partial charge in [0.2, 0.25) is 11.9 Å². The van der Waals surface area contributed by atoms with Crippen molar-refractivity contribution >= 4 is 93.2 Å². The molecule has 4 N–H and O–H groups in total. The van der Waals surface area contributed by atoms with Gasteiger partial charge in [0.1, 0.15) is 11.7 Å². The molecule has 0 unspecified atom stereocenters. The Kier molecular flexibility index (Phi) is 14.1. The Balaban J connectivity index is 0.827. The van der Waals surface area contributed by atoms with E-state index in [4.69, 9.17) is 55.9 Å². The topological polar surface area (TPSA) is 183 Å². The number of anilines is 4. The van der Waals surface area contributed by atoms with Crippen LogP contribution in [-0.4, -0.2) is 96.0 Å². The summed E-state index contributed by atoms with van der Waals surface area (Å²) in [6.45, 7) is 7.18. The second-order valence-electron chi connectivity index (χ2n) is 12.4. The number of nitrogens with zero attached hydrogens (tertiary/aromatic N) is 8. The summed E-state index contributed by atoms with van der Waals surface area (Å²) in [6, 6.07) is 10.5. The number of amidine groups is 2. The number of hydrogen-bond donors (Lipinski definition) is 4. The number of carbonyl (C=O) groups excluding carboxylic acids is 2. The third-order valence-corrected chi connectivity index (χ3v) is 9.88. The molecule has 0 spiro atoms. The molecule has 2 aromatic heterocycles. The predicted octanol–water partition coefficient (Wildman–Crippen LogP) is 5.96. The van der Waals surface area contributed by atoms with Crippen LogP contribution in [0.3, 0.4) is 0 Å². The number of rotatable bonds is 15. The van der Waals surface area contributed by atoms with Crippen molar-refractivity contribution in [1.29, 1.82) is 0 Å². The summed E-state index contributed by atoms with van der Waals surface area (Å²) in [6.07, 6.45) is 4.08. The Morgan fingerprint density at radius 3 is 1.46 bits per heavy atom. The molecular formula is C36H38Cl4N12O4. The molecule has 2 amide bonds. The van der Waals surface area contributed by atoms with E-state index >= 15 is 0 Å². The Hall–Kier alpha value is -4.84. The predicted molar refractivity (Wildman–Crippen MR) is 219 cm³/mol. The number of aryl methyl sites for hydroxylation is 2. The van der Waals surface area contributed by atoms with Crippen LogP contribution in [-0.2, 0) is 9.47 Å². The van der Waals surface area contributed by atoms with Crippen LogP contribution >= 0.6 is 46.4 Å². The zero-order chi connectivity index (χ0) is 39.6. The molecule has 0 saturated carbocycles. The molecular weight excluding hydrogens is 806 g/mol. The maximum absolute atomic E-state index is 12.9. The third-order valence-electron chi connectivity index (χ3n) is 8.40. The van der Waals surface area contributed by atoms with Crippen molar-refractivity contribution in [1.82, 2.24) is 30.6 Å². The maximum atomic E-state index is 12.9. The van der Waals surface area contributed by atoms with Gasteiger partial charge in [-0.15, -0.1) is 0 Å². The lowest BCUT2D eigenvalue weighted by Crippen LogP contribution is -2.30. The summed E-state index contributed by atoms with van der Waals surface area (Å²) in [5.74, 6) is 1.16. The number of halogens is 4. The van der Waals surface area contributed by atoms with Crippen molar-refractivity contribution in [3.8, 4) is 0 Å². The maximum Gasteiger partial charge on any atom is 0.260 e. The first-order chi connectivity index (χ1) is 27.0. The van der Waals surface area contributed by atoms with E-state index in [9.17, 15) is 9.59 Å². The Labute approximate surface area is 343 Å². The van der Waals surface area contributed by atoms with Crippen LogP contribution in [0.4, 0.5) is 23.3 Å². The molecule has 0 saturated heterocycles. The van der Waals surface area contributed by atoms with Gasteiger partial charge in [-0.2, -0.15) is 10.2 Å². The number of nitrogens with one attached hydrogen (secondary N) is 4. The van der Waals surface area contributed by atoms with Gasteiger partial charge in [0.15, 0.2) is 0 Å². The largest absolute Gasteiger partial charge is 0.377 e. The molecule has 0 fully saturated rings. The van der Waals surface area contributed by atoms with Gasteiger partial charge in [0, 0.05) is 51.4 Å². The number of hydrazone groups is 2. The zero-order valence-electron chi connectivity index (χ0n) is 30.4. The van der Waals surface area contributed by atoms with Gasteiger partial charge in [-0.3, -0.25) is 19.6 Å². The zero-order valence-corrected chi connectivity index (χ0v) is 33.4. The number of benzene rings is 2. The molecule has 4 aromatic rings. The Morgan fingerprint density at radius 1 is 0.643 bits per heavy atom. The minimum Gasteiger partial charge on any atom is -0.377 e. The van der Waals surface area contributed by atoms with Crippen molar-refractivity contribution in [2.75, 3.05) is 73.3 Å². The lowest BCUT2D eigenvalue weighted by Gasteiger charge is -2.13. The van der Waals surface area contributed by atoms with Crippen LogP contribution in [0.5, 0.6) is 0 Å². The molecule has 16 nitrogen and oxygen atoms in total. The highest BCUT2D eigenvalue weighted by atomic mass is 35.5. The number of ether oxygens (including phenoxy) is 2. The number of aromatic nitrogens is 4. The standard InChI is InChI=1S/C36H38Cl4N12O4/c1-21-25(33(53)47-31-7-11-51(49-31)23-3-5-27(37)29(39)17-23)19-43-35(45-21)41-9-13-55-15-16-56-14-10-42-36-44-20-26(22(2)46-36)34(54)48-32-8-12-52(50-32)24-4-6-28(38)30(40)18-24/h3-6,17-20H,7-16H2,1-2H3,(H,41,43,45)(H,42,44,46)(H,47,49,53)(H,48,50,54). The molecule has 56 heavy (non-hydrogen) atoms. The van der Waals surface area contributed by atoms with E-state index in [1.807, 2.05) is 12.1 Å². The van der Waals surface area contributed by atoms with E-state index in [0.717, 1.165) is 11.4 Å². The van der Waals surface area contributed by atoms with Gasteiger partial charge < -0.3 is 30.7 Å². The van der Waals surface area contributed by atoms with Crippen molar-refractivity contribution in [2.24, 2.45) is 10.2 Å². The van der Waals surface area contributed by atoms with Crippen LogP contribution in [0, 0.1) is 13.8 Å². The van der Waals surface area contributed by atoms with Gasteiger partial charge in [-0.25, -0.2) is 19.9 Å². The fourth-order valence-corrected chi connectivity index (χ4v) is 6.08. The lowest BCUT2D eigenvalue weighted by molar-refractivity contribution is 0.0556. The van der Waals surface area contributed by atoms with Crippen molar-refractivity contribution in [2.45, 2.75) is 26.7 Å². The van der Waals surface area contributed by atoms with Crippen LogP contribution in [0.25, 0.3) is 0 Å². The van der Waals surface area contributed by atoms with Crippen LogP contribution < -0.4 is 31.3 Å². The molecule has 0 bridgehead atoms. The van der Waals surface area contributed by atoms with Gasteiger partial charge in [-0.05, 0) is 50.2 Å². The molecule has 2 aliphatic heterocycles. The minimum atomic E-state index is -0.339. The van der Waals surface area contributed by atoms with Gasteiger partial charge in [-0.1, -0.05) is 46.4 Å². The highest BCUT2D eigenvalue weighted by Gasteiger charge is 2.22. The summed E-state index contributed by atoms with van der Waals surface area (Å²) in [5, 5.41) is 26.2. The van der Waals surface area contributed by atoms with E-state index in [1.54, 1.807) is 48.1 Å². The van der Waals surface area contributed by atoms with E-state index in [-0.39, 0.29) is 11.8 Å². The highest BCUT2D eigenvalue weighted by Crippen LogP contribution is 2.30. The fraction of sp³-hybridized carbons (Fsp3) is 0.333. The molecule has 20 heteroatoms. The summed E-state index contributed by atoms with van der Waals surface area (Å²) in [7, 11) is 0. The van der Waals surface area contributed by atoms with Crippen molar-refractivity contribution < 1.29 is 19.1 Å². The summed E-state index contributed by atoms with van der Waals surface area (Å²) >= 11 is 24.3. The van der Waals surface area contributed by atoms with E-state index in [1.165, 1.54) is 12.4 Å². The smallest absolute Gasteiger partial charge is 0.260 e. The normalized spacial score (nSPS) is 13.8. The van der Waals surface area contributed by atoms with Crippen molar-refractivity contribution in [3.05, 3.63) is 91.4 Å². The number of hydrogen-bond acceptors (Lipinski definition) is 14. The highest BCUT2D eigenvalue weighted by molar-refractivity contribution is 6.42. The average Bonchev–Trinajstić information content (AvgIpc) is 3.84. The molecule has 0 aliphatic carbocycles. The van der Waals surface area contributed by atoms with Gasteiger partial charge >= 0.3 is 0 Å². The van der Waals surface area contributed by atoms with Gasteiger partial charge in [0.25, 0.3) is 11.8 Å². The Morgan fingerprint density at radius 2 is 1.07 bits per heavy atom. The fourth-order valence-electron chi connectivity index (χ4n) is 5.49. The SMILES string of the molecule is Cc1nc(NCCOCCOCCNc2ncc(C(=O)NC3=NN(c4ccc(Cl)c(Cl)c4)CC3)c(C)n2)ncc1C(=O)NC1=NN(c2ccc(Cl)c(Cl)c2)CC1. The third kappa shape index (κ3) is 10.9. The molecule has 2 aromatic carbocycles. The molecule has 0 atom stereocenters. The van der Waals surface area contributed by atoms with Crippen LogP contribution in [0.15, 0.2) is 59.0 Å². The number of carbonyl (C=O) groups is 2. The van der Waals surface area contributed by atoms with Gasteiger partial charge in [0.05, 0.1) is 80.4 Å². The molecule has 6 rings (SSSR count). The minimum absolute atomic E-state index is 0.339. The summed E-state index contributed by atoms with van der Waals surface area (Å²) in [4.78, 5) is 43.2. The summed E-state index contributed by atoms with van der Waals surface area (Å²) in [5.41, 5.74) is 3.31. The van der Waals surface area contributed by atoms with E-state index < -0.39 is 0 Å². The van der Waals surface area contributed by atoms with Crippen LogP contribution in [0.1, 0.15) is 44.9 Å². The monoisotopic (exact) mass is 842 g/mol. The van der Waals surface area contributed by atoms with Crippen LogP contribution in [0.2, 0.25) is 20.1 Å². The molecule has 4 heterocycles. The average molecular weight is 845 g/mol. The molecule has 0 radical (unpaired) electrons. The quantitative estimate of drug-likeness (QED) is 0.103. The summed E-state index contributed by atoms with van der Waals surface area (Å²) < 4.78 is 11.3. The lowest BCUT2D eigenvalue weighted by atomic mass is 10.2. The second-order valence-corrected chi connectivity index (χ2v) is 14.0. The second kappa shape index (κ2) is 19.3. The molecule has 2 aliphatic rings. The molecule has 294 valence electrons. The van der Waals surface area contributed by atoms with Crippen molar-refractivity contribution in [3.63, 3.8) is 0 Å². The number of amides is 2. The Bertz CT molecular complexity index is 1990. The first-order valence-electron chi connectivity index (χ1n) is 17.6. The first kappa shape index (κ1) is 40.8.